The summed E-state index contributed by atoms with van der Waals surface area (Å²) in [6, 6.07) is 0.170. The molecule has 0 saturated carbocycles. The van der Waals surface area contributed by atoms with Gasteiger partial charge in [-0.25, -0.2) is 0 Å². The summed E-state index contributed by atoms with van der Waals surface area (Å²) in [4.78, 5) is 22.0. The van der Waals surface area contributed by atoms with E-state index >= 15 is 0 Å². The normalized spacial score (nSPS) is 22.1. The Morgan fingerprint density at radius 1 is 1.38 bits per heavy atom. The van der Waals surface area contributed by atoms with Crippen molar-refractivity contribution in [1.82, 2.24) is 10.6 Å². The number of hydrogen-bond donors (Lipinski definition) is 2. The van der Waals surface area contributed by atoms with Crippen LogP contribution < -0.4 is 10.6 Å². The standard InChI is InChI=1S/C8H14N2O2S/c1-9-7(11)8(12)10-6-3-2-4-13-5-6/h6H,2-5H2,1H3,(H,9,11)(H,10,12). The van der Waals surface area contributed by atoms with Crippen molar-refractivity contribution in [2.45, 2.75) is 18.9 Å². The Morgan fingerprint density at radius 3 is 2.69 bits per heavy atom. The van der Waals surface area contributed by atoms with Crippen LogP contribution in [0.15, 0.2) is 0 Å². The predicted molar refractivity (Wildman–Crippen MR) is 52.6 cm³/mol. The zero-order valence-corrected chi connectivity index (χ0v) is 8.45. The number of hydrogen-bond acceptors (Lipinski definition) is 3. The first-order chi connectivity index (χ1) is 6.24. The van der Waals surface area contributed by atoms with E-state index in [0.29, 0.717) is 0 Å². The minimum absolute atomic E-state index is 0.170. The molecule has 4 nitrogen and oxygen atoms in total. The molecule has 1 heterocycles. The lowest BCUT2D eigenvalue weighted by atomic mass is 10.2. The van der Waals surface area contributed by atoms with Crippen molar-refractivity contribution in [2.24, 2.45) is 0 Å². The summed E-state index contributed by atoms with van der Waals surface area (Å²) in [6.45, 7) is 0. The van der Waals surface area contributed by atoms with Crippen LogP contribution in [0.5, 0.6) is 0 Å². The molecule has 13 heavy (non-hydrogen) atoms. The predicted octanol–water partition coefficient (Wildman–Crippen LogP) is -0.256. The fourth-order valence-corrected chi connectivity index (χ4v) is 2.29. The number of likely N-dealkylation sites (N-methyl/N-ethyl adjacent to an activating group) is 1. The lowest BCUT2D eigenvalue weighted by molar-refractivity contribution is -0.139. The van der Waals surface area contributed by atoms with E-state index in [2.05, 4.69) is 10.6 Å². The van der Waals surface area contributed by atoms with Crippen molar-refractivity contribution in [3.05, 3.63) is 0 Å². The largest absolute Gasteiger partial charge is 0.351 e. The summed E-state index contributed by atoms with van der Waals surface area (Å²) in [5.41, 5.74) is 0. The quantitative estimate of drug-likeness (QED) is 0.576. The van der Waals surface area contributed by atoms with Crippen molar-refractivity contribution < 1.29 is 9.59 Å². The summed E-state index contributed by atoms with van der Waals surface area (Å²) < 4.78 is 0. The fraction of sp³-hybridized carbons (Fsp3) is 0.750. The fourth-order valence-electron chi connectivity index (χ4n) is 1.22. The van der Waals surface area contributed by atoms with Crippen LogP contribution in [0.25, 0.3) is 0 Å². The van der Waals surface area contributed by atoms with Crippen molar-refractivity contribution in [3.8, 4) is 0 Å². The molecule has 0 spiro atoms. The van der Waals surface area contributed by atoms with Crippen molar-refractivity contribution in [1.29, 1.82) is 0 Å². The number of amides is 2. The SMILES string of the molecule is CNC(=O)C(=O)NC1CCCSC1. The molecule has 0 aromatic heterocycles. The molecule has 0 radical (unpaired) electrons. The Balaban J connectivity index is 2.30. The van der Waals surface area contributed by atoms with Crippen LogP contribution >= 0.6 is 11.8 Å². The molecule has 1 unspecified atom stereocenters. The van der Waals surface area contributed by atoms with Crippen LogP contribution in [0.1, 0.15) is 12.8 Å². The first-order valence-electron chi connectivity index (χ1n) is 4.34. The molecule has 0 bridgehead atoms. The number of rotatable bonds is 1. The van der Waals surface area contributed by atoms with Crippen LogP contribution in [-0.2, 0) is 9.59 Å². The van der Waals surface area contributed by atoms with Gasteiger partial charge in [0, 0.05) is 18.8 Å². The van der Waals surface area contributed by atoms with E-state index in [-0.39, 0.29) is 6.04 Å². The molecule has 1 saturated heterocycles. The van der Waals surface area contributed by atoms with Gasteiger partial charge < -0.3 is 10.6 Å². The number of thioether (sulfide) groups is 1. The highest BCUT2D eigenvalue weighted by Gasteiger charge is 2.19. The average molecular weight is 202 g/mol. The molecule has 5 heteroatoms. The average Bonchev–Trinajstić information content (AvgIpc) is 2.18. The van der Waals surface area contributed by atoms with E-state index in [1.807, 2.05) is 11.8 Å². The van der Waals surface area contributed by atoms with Gasteiger partial charge in [0.05, 0.1) is 0 Å². The van der Waals surface area contributed by atoms with Gasteiger partial charge in [-0.2, -0.15) is 11.8 Å². The number of carbonyl (C=O) groups excluding carboxylic acids is 2. The highest BCUT2D eigenvalue weighted by Crippen LogP contribution is 2.16. The highest BCUT2D eigenvalue weighted by molar-refractivity contribution is 7.99. The second kappa shape index (κ2) is 5.11. The highest BCUT2D eigenvalue weighted by atomic mass is 32.2. The molecule has 2 N–H and O–H groups in total. The van der Waals surface area contributed by atoms with E-state index in [0.717, 1.165) is 24.3 Å². The topological polar surface area (TPSA) is 58.2 Å². The molecule has 1 aliphatic rings. The Kier molecular flexibility index (Phi) is 4.08. The Bertz CT molecular complexity index is 202. The minimum Gasteiger partial charge on any atom is -0.351 e. The van der Waals surface area contributed by atoms with Gasteiger partial charge in [-0.05, 0) is 18.6 Å². The molecule has 2 amide bonds. The first-order valence-corrected chi connectivity index (χ1v) is 5.50. The zero-order chi connectivity index (χ0) is 9.68. The maximum absolute atomic E-state index is 11.1. The van der Waals surface area contributed by atoms with Crippen LogP contribution in [-0.4, -0.2) is 36.4 Å². The molecular weight excluding hydrogens is 188 g/mol. The third-order valence-electron chi connectivity index (χ3n) is 1.93. The molecule has 1 fully saturated rings. The molecule has 1 rings (SSSR count). The summed E-state index contributed by atoms with van der Waals surface area (Å²) in [5, 5.41) is 4.99. The molecule has 1 atom stereocenters. The van der Waals surface area contributed by atoms with E-state index in [4.69, 9.17) is 0 Å². The molecule has 0 aromatic rings. The van der Waals surface area contributed by atoms with Crippen molar-refractivity contribution >= 4 is 23.6 Å². The Hall–Kier alpha value is -0.710. The van der Waals surface area contributed by atoms with Gasteiger partial charge in [0.2, 0.25) is 0 Å². The zero-order valence-electron chi connectivity index (χ0n) is 7.63. The minimum atomic E-state index is -0.560. The molecule has 0 aromatic carbocycles. The third kappa shape index (κ3) is 3.26. The van der Waals surface area contributed by atoms with Gasteiger partial charge >= 0.3 is 11.8 Å². The lowest BCUT2D eigenvalue weighted by Crippen LogP contribution is -2.45. The van der Waals surface area contributed by atoms with Crippen LogP contribution in [0, 0.1) is 0 Å². The van der Waals surface area contributed by atoms with Gasteiger partial charge in [0.25, 0.3) is 0 Å². The second-order valence-corrected chi connectivity index (χ2v) is 4.12. The van der Waals surface area contributed by atoms with Gasteiger partial charge in [0.15, 0.2) is 0 Å². The smallest absolute Gasteiger partial charge is 0.309 e. The lowest BCUT2D eigenvalue weighted by Gasteiger charge is -2.21. The second-order valence-electron chi connectivity index (χ2n) is 2.97. The van der Waals surface area contributed by atoms with E-state index in [1.165, 1.54) is 7.05 Å². The molecular formula is C8H14N2O2S. The van der Waals surface area contributed by atoms with Crippen LogP contribution in [0.2, 0.25) is 0 Å². The first kappa shape index (κ1) is 10.4. The Morgan fingerprint density at radius 2 is 2.15 bits per heavy atom. The van der Waals surface area contributed by atoms with Crippen molar-refractivity contribution in [2.75, 3.05) is 18.6 Å². The third-order valence-corrected chi connectivity index (χ3v) is 3.14. The van der Waals surface area contributed by atoms with Gasteiger partial charge in [0.1, 0.15) is 0 Å². The molecule has 1 aliphatic heterocycles. The Labute approximate surface area is 81.8 Å². The number of carbonyl (C=O) groups is 2. The van der Waals surface area contributed by atoms with E-state index in [9.17, 15) is 9.59 Å². The maximum atomic E-state index is 11.1. The summed E-state index contributed by atoms with van der Waals surface area (Å²) in [6.07, 6.45) is 2.10. The monoisotopic (exact) mass is 202 g/mol. The molecule has 0 aliphatic carbocycles. The van der Waals surface area contributed by atoms with Crippen LogP contribution in [0.4, 0.5) is 0 Å². The molecule has 74 valence electrons. The summed E-state index contributed by atoms with van der Waals surface area (Å²) in [5.74, 6) is 1.00. The maximum Gasteiger partial charge on any atom is 0.309 e. The van der Waals surface area contributed by atoms with Crippen LogP contribution in [0.3, 0.4) is 0 Å². The van der Waals surface area contributed by atoms with E-state index < -0.39 is 11.8 Å². The van der Waals surface area contributed by atoms with Gasteiger partial charge in [-0.1, -0.05) is 0 Å². The van der Waals surface area contributed by atoms with E-state index in [1.54, 1.807) is 0 Å². The summed E-state index contributed by atoms with van der Waals surface area (Å²) in [7, 11) is 1.46. The van der Waals surface area contributed by atoms with Crippen molar-refractivity contribution in [3.63, 3.8) is 0 Å². The summed E-state index contributed by atoms with van der Waals surface area (Å²) >= 11 is 1.82. The number of nitrogens with one attached hydrogen (secondary N) is 2. The van der Waals surface area contributed by atoms with Gasteiger partial charge in [-0.15, -0.1) is 0 Å². The van der Waals surface area contributed by atoms with Gasteiger partial charge in [-0.3, -0.25) is 9.59 Å².